The van der Waals surface area contributed by atoms with Gasteiger partial charge in [0.15, 0.2) is 0 Å². The number of nitrogens with zero attached hydrogens (tertiary/aromatic N) is 1. The molecule has 0 aliphatic heterocycles. The van der Waals surface area contributed by atoms with Crippen molar-refractivity contribution in [1.82, 2.24) is 0 Å². The Morgan fingerprint density at radius 3 is 2.19 bits per heavy atom. The molecule has 0 amide bonds. The molecule has 0 N–H and O–H groups in total. The fourth-order valence-corrected chi connectivity index (χ4v) is 2.01. The van der Waals surface area contributed by atoms with Crippen LogP contribution < -0.4 is 4.90 Å². The molecule has 0 unspecified atom stereocenters. The van der Waals surface area contributed by atoms with Crippen molar-refractivity contribution in [1.29, 1.82) is 0 Å². The van der Waals surface area contributed by atoms with Gasteiger partial charge in [-0.3, -0.25) is 0 Å². The third-order valence-electron chi connectivity index (χ3n) is 3.14. The van der Waals surface area contributed by atoms with Gasteiger partial charge in [-0.1, -0.05) is 26.5 Å². The van der Waals surface area contributed by atoms with E-state index in [-0.39, 0.29) is 0 Å². The van der Waals surface area contributed by atoms with Crippen LogP contribution >= 0.6 is 0 Å². The summed E-state index contributed by atoms with van der Waals surface area (Å²) in [5.41, 5.74) is 6.45. The van der Waals surface area contributed by atoms with E-state index in [1.54, 1.807) is 0 Å². The second-order valence-electron chi connectivity index (χ2n) is 4.94. The van der Waals surface area contributed by atoms with E-state index in [0.717, 1.165) is 5.70 Å². The van der Waals surface area contributed by atoms with Crippen LogP contribution in [0.15, 0.2) is 24.4 Å². The summed E-state index contributed by atoms with van der Waals surface area (Å²) in [6, 6.07) is 4.56. The van der Waals surface area contributed by atoms with Crippen LogP contribution in [-0.2, 0) is 0 Å². The molecule has 88 valence electrons. The Kier molecular flexibility index (Phi) is 3.79. The molecule has 0 heterocycles. The molecule has 0 spiro atoms. The maximum Gasteiger partial charge on any atom is 0.0437 e. The van der Waals surface area contributed by atoms with Crippen LogP contribution in [0.3, 0.4) is 0 Å². The second-order valence-corrected chi connectivity index (χ2v) is 4.94. The quantitative estimate of drug-likeness (QED) is 0.725. The number of anilines is 1. The Labute approximate surface area is 99.8 Å². The average molecular weight is 217 g/mol. The normalized spacial score (nSPS) is 10.7. The molecule has 0 bridgehead atoms. The Hall–Kier alpha value is -1.24. The van der Waals surface area contributed by atoms with Crippen molar-refractivity contribution in [2.24, 2.45) is 0 Å². The molecule has 0 fully saturated rings. The standard InChI is InChI=1S/C15H23N/c1-10(2)14-8-13(6)15(9-12(14)5)16(7)11(3)4/h8-10H,3H2,1-2,4-7H3. The largest absolute Gasteiger partial charge is 0.349 e. The Balaban J connectivity index is 3.25. The Morgan fingerprint density at radius 2 is 1.75 bits per heavy atom. The highest BCUT2D eigenvalue weighted by atomic mass is 15.1. The Bertz CT molecular complexity index is 402. The molecule has 0 radical (unpaired) electrons. The monoisotopic (exact) mass is 217 g/mol. The van der Waals surface area contributed by atoms with Gasteiger partial charge in [0.05, 0.1) is 0 Å². The van der Waals surface area contributed by atoms with E-state index in [2.05, 4.69) is 58.4 Å². The first-order chi connectivity index (χ1) is 7.34. The van der Waals surface area contributed by atoms with E-state index in [4.69, 9.17) is 0 Å². The predicted octanol–water partition coefficient (Wildman–Crippen LogP) is 4.40. The third kappa shape index (κ3) is 2.46. The summed E-state index contributed by atoms with van der Waals surface area (Å²) in [5, 5.41) is 0. The SMILES string of the molecule is C=C(C)N(C)c1cc(C)c(C(C)C)cc1C. The lowest BCUT2D eigenvalue weighted by Crippen LogP contribution is -2.15. The minimum Gasteiger partial charge on any atom is -0.349 e. The van der Waals surface area contributed by atoms with Crippen molar-refractivity contribution >= 4 is 5.69 Å². The number of rotatable bonds is 3. The van der Waals surface area contributed by atoms with Gasteiger partial charge >= 0.3 is 0 Å². The van der Waals surface area contributed by atoms with Gasteiger partial charge in [0.1, 0.15) is 0 Å². The lowest BCUT2D eigenvalue weighted by molar-refractivity contribution is 0.853. The van der Waals surface area contributed by atoms with Crippen LogP contribution in [0.4, 0.5) is 5.69 Å². The Morgan fingerprint density at radius 1 is 1.19 bits per heavy atom. The lowest BCUT2D eigenvalue weighted by atomic mass is 9.95. The summed E-state index contributed by atoms with van der Waals surface area (Å²) < 4.78 is 0. The maximum atomic E-state index is 3.99. The van der Waals surface area contributed by atoms with Gasteiger partial charge in [-0.2, -0.15) is 0 Å². The first-order valence-electron chi connectivity index (χ1n) is 5.85. The van der Waals surface area contributed by atoms with Gasteiger partial charge in [0.25, 0.3) is 0 Å². The van der Waals surface area contributed by atoms with Gasteiger partial charge in [0.2, 0.25) is 0 Å². The molecule has 1 aromatic rings. The molecule has 16 heavy (non-hydrogen) atoms. The molecule has 1 heteroatoms. The summed E-state index contributed by atoms with van der Waals surface area (Å²) in [6.45, 7) is 14.9. The molecular formula is C15H23N. The highest BCUT2D eigenvalue weighted by Crippen LogP contribution is 2.29. The first-order valence-corrected chi connectivity index (χ1v) is 5.85. The van der Waals surface area contributed by atoms with Crippen molar-refractivity contribution < 1.29 is 0 Å². The molecule has 0 atom stereocenters. The van der Waals surface area contributed by atoms with E-state index in [1.807, 2.05) is 6.92 Å². The summed E-state index contributed by atoms with van der Waals surface area (Å²) in [6.07, 6.45) is 0. The highest BCUT2D eigenvalue weighted by Gasteiger charge is 2.10. The van der Waals surface area contributed by atoms with Gasteiger partial charge in [-0.15, -0.1) is 0 Å². The number of allylic oxidation sites excluding steroid dienone is 1. The molecule has 1 nitrogen and oxygen atoms in total. The number of hydrogen-bond acceptors (Lipinski definition) is 1. The van der Waals surface area contributed by atoms with Crippen LogP contribution in [0.5, 0.6) is 0 Å². The molecule has 0 aromatic heterocycles. The third-order valence-corrected chi connectivity index (χ3v) is 3.14. The van der Waals surface area contributed by atoms with E-state index in [0.29, 0.717) is 5.92 Å². The molecule has 1 aromatic carbocycles. The number of hydrogen-bond donors (Lipinski definition) is 0. The summed E-state index contributed by atoms with van der Waals surface area (Å²) >= 11 is 0. The van der Waals surface area contributed by atoms with Gasteiger partial charge in [-0.05, 0) is 49.4 Å². The van der Waals surface area contributed by atoms with Crippen molar-refractivity contribution in [3.8, 4) is 0 Å². The van der Waals surface area contributed by atoms with Gasteiger partial charge in [0, 0.05) is 18.4 Å². The lowest BCUT2D eigenvalue weighted by Gasteiger charge is -2.23. The zero-order valence-corrected chi connectivity index (χ0v) is 11.4. The van der Waals surface area contributed by atoms with Gasteiger partial charge in [-0.25, -0.2) is 0 Å². The van der Waals surface area contributed by atoms with Crippen LogP contribution in [-0.4, -0.2) is 7.05 Å². The highest BCUT2D eigenvalue weighted by molar-refractivity contribution is 5.59. The van der Waals surface area contributed by atoms with E-state index < -0.39 is 0 Å². The smallest absolute Gasteiger partial charge is 0.0437 e. The number of aryl methyl sites for hydroxylation is 2. The summed E-state index contributed by atoms with van der Waals surface area (Å²) in [4.78, 5) is 2.15. The van der Waals surface area contributed by atoms with Gasteiger partial charge < -0.3 is 4.90 Å². The molecule has 0 aliphatic rings. The maximum absolute atomic E-state index is 3.99. The fourth-order valence-electron chi connectivity index (χ4n) is 2.01. The van der Waals surface area contributed by atoms with Crippen molar-refractivity contribution in [2.45, 2.75) is 40.5 Å². The zero-order chi connectivity index (χ0) is 12.5. The topological polar surface area (TPSA) is 3.24 Å². The summed E-state index contributed by atoms with van der Waals surface area (Å²) in [5.74, 6) is 0.586. The number of benzene rings is 1. The van der Waals surface area contributed by atoms with Crippen molar-refractivity contribution in [3.63, 3.8) is 0 Å². The zero-order valence-electron chi connectivity index (χ0n) is 11.4. The van der Waals surface area contributed by atoms with Crippen molar-refractivity contribution in [2.75, 3.05) is 11.9 Å². The second kappa shape index (κ2) is 4.73. The average Bonchev–Trinajstić information content (AvgIpc) is 2.19. The molecule has 1 rings (SSSR count). The van der Waals surface area contributed by atoms with E-state index in [1.165, 1.54) is 22.4 Å². The molecule has 0 aliphatic carbocycles. The first kappa shape index (κ1) is 12.8. The molecule has 0 saturated heterocycles. The van der Waals surface area contributed by atoms with Crippen LogP contribution in [0.1, 0.15) is 43.4 Å². The minimum absolute atomic E-state index is 0.586. The summed E-state index contributed by atoms with van der Waals surface area (Å²) in [7, 11) is 2.07. The molecule has 0 saturated carbocycles. The van der Waals surface area contributed by atoms with Crippen LogP contribution in [0, 0.1) is 13.8 Å². The van der Waals surface area contributed by atoms with Crippen LogP contribution in [0.25, 0.3) is 0 Å². The minimum atomic E-state index is 0.586. The van der Waals surface area contributed by atoms with Crippen molar-refractivity contribution in [3.05, 3.63) is 41.1 Å². The fraction of sp³-hybridized carbons (Fsp3) is 0.467. The van der Waals surface area contributed by atoms with E-state index in [9.17, 15) is 0 Å². The predicted molar refractivity (Wildman–Crippen MR) is 73.2 cm³/mol. The van der Waals surface area contributed by atoms with E-state index >= 15 is 0 Å². The molecular weight excluding hydrogens is 194 g/mol. The van der Waals surface area contributed by atoms with Crippen LogP contribution in [0.2, 0.25) is 0 Å².